The number of hydrogen-bond acceptors (Lipinski definition) is 4. The van der Waals surface area contributed by atoms with Crippen LogP contribution in [0.5, 0.6) is 0 Å². The van der Waals surface area contributed by atoms with Crippen molar-refractivity contribution < 1.29 is 0 Å². The highest BCUT2D eigenvalue weighted by molar-refractivity contribution is 7.98. The Bertz CT molecular complexity index is 797. The van der Waals surface area contributed by atoms with E-state index in [1.54, 1.807) is 18.0 Å². The number of aromatic nitrogens is 3. The highest BCUT2D eigenvalue weighted by Crippen LogP contribution is 2.21. The molecule has 0 amide bonds. The SMILES string of the molecule is CSc1nnc(/N=C/c2ccccc2)n1Cc1ccc(Cl)cc1. The second-order valence-corrected chi connectivity index (χ2v) is 6.08. The molecule has 116 valence electrons. The van der Waals surface area contributed by atoms with Crippen LogP contribution in [0.3, 0.4) is 0 Å². The van der Waals surface area contributed by atoms with Crippen molar-refractivity contribution in [2.75, 3.05) is 6.26 Å². The lowest BCUT2D eigenvalue weighted by molar-refractivity contribution is 0.713. The Kier molecular flexibility index (Phi) is 5.10. The summed E-state index contributed by atoms with van der Waals surface area (Å²) < 4.78 is 1.99. The summed E-state index contributed by atoms with van der Waals surface area (Å²) >= 11 is 7.49. The predicted molar refractivity (Wildman–Crippen MR) is 96.1 cm³/mol. The summed E-state index contributed by atoms with van der Waals surface area (Å²) in [6.07, 6.45) is 3.78. The quantitative estimate of drug-likeness (QED) is 0.508. The lowest BCUT2D eigenvalue weighted by Crippen LogP contribution is -2.01. The number of hydrogen-bond donors (Lipinski definition) is 0. The fraction of sp³-hybridized carbons (Fsp3) is 0.118. The molecule has 3 aromatic rings. The topological polar surface area (TPSA) is 43.1 Å². The van der Waals surface area contributed by atoms with Gasteiger partial charge in [0, 0.05) is 11.2 Å². The van der Waals surface area contributed by atoms with Crippen LogP contribution in [-0.2, 0) is 6.54 Å². The van der Waals surface area contributed by atoms with E-state index in [9.17, 15) is 0 Å². The van der Waals surface area contributed by atoms with Gasteiger partial charge in [-0.3, -0.25) is 4.57 Å². The van der Waals surface area contributed by atoms with Crippen LogP contribution in [0.1, 0.15) is 11.1 Å². The zero-order valence-electron chi connectivity index (χ0n) is 12.6. The van der Waals surface area contributed by atoms with Crippen molar-refractivity contribution in [1.29, 1.82) is 0 Å². The molecule has 0 fully saturated rings. The normalized spacial score (nSPS) is 11.2. The molecule has 0 aliphatic carbocycles. The minimum absolute atomic E-state index is 0.591. The van der Waals surface area contributed by atoms with E-state index < -0.39 is 0 Å². The number of nitrogens with zero attached hydrogens (tertiary/aromatic N) is 4. The van der Waals surface area contributed by atoms with Gasteiger partial charge in [0.15, 0.2) is 5.16 Å². The smallest absolute Gasteiger partial charge is 0.251 e. The molecule has 0 radical (unpaired) electrons. The molecule has 0 bridgehead atoms. The molecule has 6 heteroatoms. The van der Waals surface area contributed by atoms with Crippen molar-refractivity contribution in [2.24, 2.45) is 4.99 Å². The summed E-state index contributed by atoms with van der Waals surface area (Å²) in [7, 11) is 0. The molecule has 0 aliphatic heterocycles. The molecule has 0 saturated carbocycles. The average Bonchev–Trinajstić information content (AvgIpc) is 2.98. The van der Waals surface area contributed by atoms with Gasteiger partial charge in [0.1, 0.15) is 0 Å². The van der Waals surface area contributed by atoms with E-state index in [-0.39, 0.29) is 0 Å². The van der Waals surface area contributed by atoms with Crippen LogP contribution in [0.15, 0.2) is 64.7 Å². The van der Waals surface area contributed by atoms with Crippen molar-refractivity contribution in [3.8, 4) is 0 Å². The van der Waals surface area contributed by atoms with Crippen molar-refractivity contribution in [3.63, 3.8) is 0 Å². The summed E-state index contributed by atoms with van der Waals surface area (Å²) in [5.74, 6) is 0.591. The zero-order chi connectivity index (χ0) is 16.1. The van der Waals surface area contributed by atoms with Gasteiger partial charge in [-0.1, -0.05) is 65.8 Å². The third kappa shape index (κ3) is 4.00. The number of halogens is 1. The van der Waals surface area contributed by atoms with E-state index in [4.69, 9.17) is 11.6 Å². The van der Waals surface area contributed by atoms with Gasteiger partial charge in [0.25, 0.3) is 5.95 Å². The van der Waals surface area contributed by atoms with E-state index >= 15 is 0 Å². The minimum atomic E-state index is 0.591. The molecule has 0 unspecified atom stereocenters. The largest absolute Gasteiger partial charge is 0.282 e. The molecule has 23 heavy (non-hydrogen) atoms. The molecule has 0 N–H and O–H groups in total. The Morgan fingerprint density at radius 1 is 1.09 bits per heavy atom. The second kappa shape index (κ2) is 7.44. The first-order valence-electron chi connectivity index (χ1n) is 7.07. The summed E-state index contributed by atoms with van der Waals surface area (Å²) in [6, 6.07) is 17.7. The van der Waals surface area contributed by atoms with Gasteiger partial charge in [0.05, 0.1) is 6.54 Å². The molecule has 0 atom stereocenters. The summed E-state index contributed by atoms with van der Waals surface area (Å²) in [5.41, 5.74) is 2.15. The van der Waals surface area contributed by atoms with Crippen LogP contribution >= 0.6 is 23.4 Å². The Hall–Kier alpha value is -2.11. The van der Waals surface area contributed by atoms with Crippen LogP contribution in [-0.4, -0.2) is 27.2 Å². The maximum Gasteiger partial charge on any atom is 0.251 e. The van der Waals surface area contributed by atoms with Gasteiger partial charge in [0.2, 0.25) is 0 Å². The lowest BCUT2D eigenvalue weighted by atomic mass is 10.2. The first-order chi connectivity index (χ1) is 11.3. The first-order valence-corrected chi connectivity index (χ1v) is 8.67. The Morgan fingerprint density at radius 3 is 2.52 bits per heavy atom. The molecule has 1 aromatic heterocycles. The number of aliphatic imine (C=N–C) groups is 1. The van der Waals surface area contributed by atoms with E-state index in [0.29, 0.717) is 12.5 Å². The molecule has 2 aromatic carbocycles. The summed E-state index contributed by atoms with van der Waals surface area (Å²) in [4.78, 5) is 4.48. The van der Waals surface area contributed by atoms with E-state index in [0.717, 1.165) is 21.3 Å². The standard InChI is InChI=1S/C17H15ClN4S/c1-23-17-21-20-16(19-11-13-5-3-2-4-6-13)22(17)12-14-7-9-15(18)10-8-14/h2-11H,12H2,1H3/b19-11+. The Labute approximate surface area is 144 Å². The van der Waals surface area contributed by atoms with E-state index in [2.05, 4.69) is 15.2 Å². The minimum Gasteiger partial charge on any atom is -0.282 e. The van der Waals surface area contributed by atoms with Gasteiger partial charge in [-0.05, 0) is 29.5 Å². The van der Waals surface area contributed by atoms with Crippen LogP contribution in [0, 0.1) is 0 Å². The van der Waals surface area contributed by atoms with Crippen LogP contribution in [0.4, 0.5) is 5.95 Å². The molecule has 4 nitrogen and oxygen atoms in total. The average molecular weight is 343 g/mol. The molecular weight excluding hydrogens is 328 g/mol. The van der Waals surface area contributed by atoms with E-state index in [1.807, 2.05) is 65.4 Å². The highest BCUT2D eigenvalue weighted by atomic mass is 35.5. The van der Waals surface area contributed by atoms with Crippen molar-refractivity contribution in [3.05, 3.63) is 70.7 Å². The molecule has 3 rings (SSSR count). The Morgan fingerprint density at radius 2 is 1.83 bits per heavy atom. The number of rotatable bonds is 5. The van der Waals surface area contributed by atoms with Crippen LogP contribution in [0.2, 0.25) is 5.02 Å². The third-order valence-corrected chi connectivity index (χ3v) is 4.18. The predicted octanol–water partition coefficient (Wildman–Crippen LogP) is 4.45. The zero-order valence-corrected chi connectivity index (χ0v) is 14.1. The monoisotopic (exact) mass is 342 g/mol. The number of benzene rings is 2. The van der Waals surface area contributed by atoms with Crippen LogP contribution < -0.4 is 0 Å². The van der Waals surface area contributed by atoms with Gasteiger partial charge >= 0.3 is 0 Å². The molecular formula is C17H15ClN4S. The lowest BCUT2D eigenvalue weighted by Gasteiger charge is -2.07. The molecule has 0 saturated heterocycles. The maximum absolute atomic E-state index is 5.94. The fourth-order valence-corrected chi connectivity index (χ4v) is 2.72. The summed E-state index contributed by atoms with van der Waals surface area (Å²) in [6.45, 7) is 0.655. The second-order valence-electron chi connectivity index (χ2n) is 4.87. The highest BCUT2D eigenvalue weighted by Gasteiger charge is 2.10. The van der Waals surface area contributed by atoms with Crippen molar-refractivity contribution in [2.45, 2.75) is 11.7 Å². The molecule has 0 spiro atoms. The first kappa shape index (κ1) is 15.8. The maximum atomic E-state index is 5.94. The van der Waals surface area contributed by atoms with Gasteiger partial charge < -0.3 is 0 Å². The van der Waals surface area contributed by atoms with Gasteiger partial charge in [-0.15, -0.1) is 10.2 Å². The van der Waals surface area contributed by atoms with Gasteiger partial charge in [-0.2, -0.15) is 0 Å². The fourth-order valence-electron chi connectivity index (χ4n) is 2.11. The van der Waals surface area contributed by atoms with Crippen molar-refractivity contribution in [1.82, 2.24) is 14.8 Å². The third-order valence-electron chi connectivity index (χ3n) is 3.26. The van der Waals surface area contributed by atoms with Gasteiger partial charge in [-0.25, -0.2) is 4.99 Å². The molecule has 1 heterocycles. The Balaban J connectivity index is 1.88. The van der Waals surface area contributed by atoms with E-state index in [1.165, 1.54) is 0 Å². The molecule has 0 aliphatic rings. The summed E-state index contributed by atoms with van der Waals surface area (Å²) in [5, 5.41) is 9.94. The van der Waals surface area contributed by atoms with Crippen LogP contribution in [0.25, 0.3) is 0 Å². The van der Waals surface area contributed by atoms with Crippen molar-refractivity contribution >= 4 is 35.5 Å². The number of thioether (sulfide) groups is 1.